The number of nitrogens with two attached hydrogens (primary N) is 1. The molecular weight excluding hydrogens is 478 g/mol. The summed E-state index contributed by atoms with van der Waals surface area (Å²) in [5.41, 5.74) is 9.80. The Hall–Kier alpha value is -3.79. The molecule has 0 fully saturated rings. The molecule has 0 aliphatic carbocycles. The average Bonchev–Trinajstić information content (AvgIpc) is 3.38. The predicted molar refractivity (Wildman–Crippen MR) is 146 cm³/mol. The fourth-order valence-corrected chi connectivity index (χ4v) is 2.82. The number of amides is 1. The normalized spacial score (nSPS) is 11.5. The number of carbonyl (C=O) groups is 1. The SMILES string of the molecule is CCN.CF.CN=C(/C=C(\C)c1nnc(-c2cccnc2C)o1)C(C)F.Cc1cccc(CNC=O)c1. The lowest BCUT2D eigenvalue weighted by Crippen LogP contribution is -2.09. The van der Waals surface area contributed by atoms with E-state index in [1.807, 2.05) is 51.1 Å². The highest BCUT2D eigenvalue weighted by atomic mass is 19.1. The van der Waals surface area contributed by atoms with E-state index in [1.54, 1.807) is 26.2 Å². The Kier molecular flexibility index (Phi) is 17.4. The first-order valence-corrected chi connectivity index (χ1v) is 11.6. The zero-order valence-electron chi connectivity index (χ0n) is 22.6. The van der Waals surface area contributed by atoms with Crippen LogP contribution in [-0.4, -0.2) is 54.2 Å². The topological polar surface area (TPSA) is 119 Å². The molecule has 1 amide bonds. The van der Waals surface area contributed by atoms with Gasteiger partial charge in [0, 0.05) is 31.1 Å². The second kappa shape index (κ2) is 19.4. The standard InChI is InChI=1S/C15H17FN4O.C9H11NO.C2H7N.CH3F/c1-9(8-13(17-4)10(2)16)14-19-20-15(21-14)12-6-5-7-18-11(12)3;1-8-3-2-4-9(5-8)6-10-7-11;1-2-3;1-2/h5-8,10H,1-4H3;2-5,7H,6H2,1H3,(H,10,11);2-3H2,1H3;1H3/b9-8+,17-13?;;;. The molecule has 0 aliphatic heterocycles. The van der Waals surface area contributed by atoms with Crippen molar-refractivity contribution < 1.29 is 18.0 Å². The first kappa shape index (κ1) is 33.2. The van der Waals surface area contributed by atoms with Gasteiger partial charge < -0.3 is 15.5 Å². The molecule has 0 saturated heterocycles. The van der Waals surface area contributed by atoms with Crippen molar-refractivity contribution >= 4 is 17.7 Å². The number of aryl methyl sites for hydroxylation is 2. The first-order chi connectivity index (χ1) is 17.8. The number of benzene rings is 1. The van der Waals surface area contributed by atoms with Gasteiger partial charge in [0.2, 0.25) is 18.2 Å². The van der Waals surface area contributed by atoms with E-state index in [4.69, 9.17) is 10.2 Å². The predicted octanol–water partition coefficient (Wildman–Crippen LogP) is 5.06. The third-order valence-corrected chi connectivity index (χ3v) is 4.50. The monoisotopic (exact) mass is 516 g/mol. The Balaban J connectivity index is 0.000000679. The summed E-state index contributed by atoms with van der Waals surface area (Å²) < 4.78 is 28.4. The van der Waals surface area contributed by atoms with Crippen molar-refractivity contribution in [3.8, 4) is 11.5 Å². The van der Waals surface area contributed by atoms with Crippen molar-refractivity contribution in [3.05, 3.63) is 71.4 Å². The third-order valence-electron chi connectivity index (χ3n) is 4.50. The summed E-state index contributed by atoms with van der Waals surface area (Å²) in [6, 6.07) is 11.7. The number of hydrogen-bond donors (Lipinski definition) is 2. The molecule has 10 heteroatoms. The molecule has 0 bridgehead atoms. The maximum Gasteiger partial charge on any atom is 0.249 e. The number of rotatable bonds is 7. The smallest absolute Gasteiger partial charge is 0.249 e. The van der Waals surface area contributed by atoms with Crippen molar-refractivity contribution in [2.24, 2.45) is 10.7 Å². The molecule has 202 valence electrons. The van der Waals surface area contributed by atoms with Crippen LogP contribution in [0, 0.1) is 13.8 Å². The molecule has 2 heterocycles. The number of hydrogen-bond acceptors (Lipinski definition) is 7. The van der Waals surface area contributed by atoms with Crippen LogP contribution in [0.25, 0.3) is 17.0 Å². The van der Waals surface area contributed by atoms with Crippen LogP contribution in [0.15, 0.2) is 58.1 Å². The quantitative estimate of drug-likeness (QED) is 0.334. The van der Waals surface area contributed by atoms with Crippen LogP contribution in [-0.2, 0) is 11.3 Å². The number of nitrogens with zero attached hydrogens (tertiary/aromatic N) is 4. The van der Waals surface area contributed by atoms with Crippen LogP contribution in [0.2, 0.25) is 0 Å². The van der Waals surface area contributed by atoms with E-state index in [2.05, 4.69) is 31.6 Å². The second-order valence-corrected chi connectivity index (χ2v) is 7.54. The highest BCUT2D eigenvalue weighted by Gasteiger charge is 2.14. The summed E-state index contributed by atoms with van der Waals surface area (Å²) in [7, 11) is 2.05. The van der Waals surface area contributed by atoms with Gasteiger partial charge in [-0.2, -0.15) is 0 Å². The third kappa shape index (κ3) is 12.6. The number of aliphatic imine (C=N–C) groups is 1. The van der Waals surface area contributed by atoms with Gasteiger partial charge in [-0.05, 0) is 58.0 Å². The minimum Gasteiger partial charge on any atom is -0.416 e. The minimum atomic E-state index is -1.15. The van der Waals surface area contributed by atoms with Crippen LogP contribution in [0.4, 0.5) is 8.78 Å². The van der Waals surface area contributed by atoms with Crippen molar-refractivity contribution in [3.63, 3.8) is 0 Å². The molecule has 3 N–H and O–H groups in total. The molecular formula is C27H38F2N6O2. The lowest BCUT2D eigenvalue weighted by atomic mass is 10.1. The van der Waals surface area contributed by atoms with E-state index in [0.29, 0.717) is 43.2 Å². The Morgan fingerprint density at radius 3 is 2.43 bits per heavy atom. The fourth-order valence-electron chi connectivity index (χ4n) is 2.82. The van der Waals surface area contributed by atoms with Gasteiger partial charge in [-0.15, -0.1) is 10.2 Å². The van der Waals surface area contributed by atoms with Crippen LogP contribution >= 0.6 is 0 Å². The van der Waals surface area contributed by atoms with Gasteiger partial charge >= 0.3 is 0 Å². The van der Waals surface area contributed by atoms with E-state index in [9.17, 15) is 13.6 Å². The lowest BCUT2D eigenvalue weighted by Gasteiger charge is -2.02. The number of allylic oxidation sites excluding steroid dienone is 2. The Bertz CT molecular complexity index is 1110. The van der Waals surface area contributed by atoms with Gasteiger partial charge in [0.1, 0.15) is 6.17 Å². The summed E-state index contributed by atoms with van der Waals surface area (Å²) in [4.78, 5) is 18.0. The van der Waals surface area contributed by atoms with E-state index in [-0.39, 0.29) is 0 Å². The van der Waals surface area contributed by atoms with Gasteiger partial charge in [0.25, 0.3) is 0 Å². The number of halogens is 2. The zero-order valence-corrected chi connectivity index (χ0v) is 22.6. The molecule has 1 unspecified atom stereocenters. The number of aromatic nitrogens is 3. The highest BCUT2D eigenvalue weighted by Crippen LogP contribution is 2.23. The summed E-state index contributed by atoms with van der Waals surface area (Å²) in [5, 5.41) is 10.6. The Morgan fingerprint density at radius 2 is 1.89 bits per heavy atom. The maximum atomic E-state index is 13.3. The minimum absolute atomic E-state index is 0.338. The first-order valence-electron chi connectivity index (χ1n) is 11.6. The molecule has 37 heavy (non-hydrogen) atoms. The van der Waals surface area contributed by atoms with Gasteiger partial charge in [-0.3, -0.25) is 19.2 Å². The van der Waals surface area contributed by atoms with Crippen molar-refractivity contribution in [1.29, 1.82) is 0 Å². The lowest BCUT2D eigenvalue weighted by molar-refractivity contribution is -0.109. The molecule has 0 aliphatic rings. The average molecular weight is 517 g/mol. The van der Waals surface area contributed by atoms with E-state index < -0.39 is 6.17 Å². The molecule has 1 aromatic carbocycles. The van der Waals surface area contributed by atoms with E-state index in [1.165, 1.54) is 12.5 Å². The van der Waals surface area contributed by atoms with Crippen LogP contribution in [0.1, 0.15) is 43.5 Å². The van der Waals surface area contributed by atoms with Crippen molar-refractivity contribution in [2.45, 2.75) is 47.3 Å². The maximum absolute atomic E-state index is 13.3. The number of pyridine rings is 1. The van der Waals surface area contributed by atoms with Gasteiger partial charge in [0.05, 0.1) is 18.5 Å². The van der Waals surface area contributed by atoms with Crippen molar-refractivity contribution in [1.82, 2.24) is 20.5 Å². The summed E-state index contributed by atoms with van der Waals surface area (Å²) in [5.74, 6) is 0.738. The largest absolute Gasteiger partial charge is 0.416 e. The second-order valence-electron chi connectivity index (χ2n) is 7.54. The summed E-state index contributed by atoms with van der Waals surface area (Å²) in [6.07, 6.45) is 2.88. The molecule has 1 atom stereocenters. The number of carbonyl (C=O) groups excluding carboxylic acids is 1. The molecule has 8 nitrogen and oxygen atoms in total. The van der Waals surface area contributed by atoms with Crippen LogP contribution in [0.5, 0.6) is 0 Å². The van der Waals surface area contributed by atoms with E-state index >= 15 is 0 Å². The number of nitrogens with one attached hydrogen (secondary N) is 1. The molecule has 0 radical (unpaired) electrons. The Morgan fingerprint density at radius 1 is 1.22 bits per heavy atom. The highest BCUT2D eigenvalue weighted by molar-refractivity contribution is 6.02. The fraction of sp³-hybridized carbons (Fsp3) is 0.370. The van der Waals surface area contributed by atoms with E-state index in [0.717, 1.165) is 23.4 Å². The van der Waals surface area contributed by atoms with Gasteiger partial charge in [0.15, 0.2) is 0 Å². The van der Waals surface area contributed by atoms with Gasteiger partial charge in [-0.25, -0.2) is 4.39 Å². The van der Waals surface area contributed by atoms with Crippen LogP contribution < -0.4 is 11.1 Å². The molecule has 2 aromatic heterocycles. The number of alkyl halides is 2. The molecule has 3 rings (SSSR count). The summed E-state index contributed by atoms with van der Waals surface area (Å²) >= 11 is 0. The molecule has 0 spiro atoms. The zero-order chi connectivity index (χ0) is 28.2. The summed E-state index contributed by atoms with van der Waals surface area (Å²) in [6.45, 7) is 10.4. The van der Waals surface area contributed by atoms with Gasteiger partial charge in [-0.1, -0.05) is 36.8 Å². The molecule has 0 saturated carbocycles. The Labute approximate surface area is 218 Å². The van der Waals surface area contributed by atoms with Crippen LogP contribution in [0.3, 0.4) is 0 Å². The molecule has 3 aromatic rings. The van der Waals surface area contributed by atoms with Crippen molar-refractivity contribution in [2.75, 3.05) is 20.8 Å².